The number of carbonyl (C=O) groups excluding carboxylic acids is 4. The smallest absolute Gasteiger partial charge is 0.326 e. The topological polar surface area (TPSA) is 114 Å². The first-order valence-corrected chi connectivity index (χ1v) is 9.77. The van der Waals surface area contributed by atoms with E-state index in [-0.39, 0.29) is 17.9 Å². The molecule has 27 heavy (non-hydrogen) atoms. The minimum Gasteiger partial charge on any atom is -0.451 e. The van der Waals surface area contributed by atoms with Gasteiger partial charge in [-0.2, -0.15) is 0 Å². The number of carbonyl (C=O) groups is 4. The van der Waals surface area contributed by atoms with Crippen LogP contribution in [0.3, 0.4) is 0 Å². The fourth-order valence-corrected chi connectivity index (χ4v) is 5.65. The average molecular weight is 379 g/mol. The molecule has 0 unspecified atom stereocenters. The van der Waals surface area contributed by atoms with E-state index in [9.17, 15) is 19.2 Å². The van der Waals surface area contributed by atoms with E-state index in [2.05, 4.69) is 10.6 Å². The van der Waals surface area contributed by atoms with Gasteiger partial charge in [0.1, 0.15) is 6.54 Å². The van der Waals surface area contributed by atoms with Crippen LogP contribution < -0.4 is 16.0 Å². The SMILES string of the molecule is CNC(=O)NC(=O)[C@@H](C)OC(=O)CNC(=O)CC12CC3CC(CC(C3)C1)C2. The quantitative estimate of drug-likeness (QED) is 0.598. The Morgan fingerprint density at radius 1 is 1.04 bits per heavy atom. The van der Waals surface area contributed by atoms with Crippen molar-refractivity contribution in [1.29, 1.82) is 0 Å². The molecule has 4 bridgehead atoms. The molecule has 4 aliphatic rings. The molecule has 0 radical (unpaired) electrons. The van der Waals surface area contributed by atoms with Crippen LogP contribution in [-0.4, -0.2) is 43.5 Å². The highest BCUT2D eigenvalue weighted by molar-refractivity contribution is 5.97. The first-order valence-electron chi connectivity index (χ1n) is 9.77. The number of amides is 4. The molecule has 8 nitrogen and oxygen atoms in total. The number of nitrogens with one attached hydrogen (secondary N) is 3. The molecule has 0 heterocycles. The molecule has 4 amide bonds. The van der Waals surface area contributed by atoms with Crippen molar-refractivity contribution in [2.24, 2.45) is 23.2 Å². The minimum absolute atomic E-state index is 0.115. The molecule has 0 aromatic carbocycles. The number of esters is 1. The van der Waals surface area contributed by atoms with Crippen molar-refractivity contribution in [3.63, 3.8) is 0 Å². The Morgan fingerprint density at radius 3 is 2.11 bits per heavy atom. The van der Waals surface area contributed by atoms with Crippen molar-refractivity contribution in [3.8, 4) is 0 Å². The first kappa shape index (κ1) is 19.6. The van der Waals surface area contributed by atoms with Crippen LogP contribution in [0, 0.1) is 23.2 Å². The normalized spacial score (nSPS) is 31.7. The Balaban J connectivity index is 1.41. The summed E-state index contributed by atoms with van der Waals surface area (Å²) in [6.45, 7) is 1.09. The van der Waals surface area contributed by atoms with Gasteiger partial charge in [0.25, 0.3) is 5.91 Å². The summed E-state index contributed by atoms with van der Waals surface area (Å²) < 4.78 is 4.96. The summed E-state index contributed by atoms with van der Waals surface area (Å²) in [5.74, 6) is 0.767. The number of hydrogen-bond acceptors (Lipinski definition) is 5. The Kier molecular flexibility index (Phi) is 5.72. The second-order valence-corrected chi connectivity index (χ2v) is 8.57. The molecule has 0 aromatic rings. The van der Waals surface area contributed by atoms with Crippen molar-refractivity contribution < 1.29 is 23.9 Å². The third kappa shape index (κ3) is 4.78. The van der Waals surface area contributed by atoms with Crippen LogP contribution in [0.25, 0.3) is 0 Å². The van der Waals surface area contributed by atoms with Crippen molar-refractivity contribution in [2.75, 3.05) is 13.6 Å². The lowest BCUT2D eigenvalue weighted by Gasteiger charge is -2.56. The third-order valence-corrected chi connectivity index (χ3v) is 6.27. The zero-order valence-electron chi connectivity index (χ0n) is 16.0. The third-order valence-electron chi connectivity index (χ3n) is 6.27. The predicted molar refractivity (Wildman–Crippen MR) is 96.4 cm³/mol. The van der Waals surface area contributed by atoms with Gasteiger partial charge in [-0.3, -0.25) is 19.7 Å². The lowest BCUT2D eigenvalue weighted by molar-refractivity contribution is -0.154. The van der Waals surface area contributed by atoms with Gasteiger partial charge in [-0.05, 0) is 68.6 Å². The largest absolute Gasteiger partial charge is 0.451 e. The Bertz CT molecular complexity index is 598. The molecule has 0 saturated heterocycles. The standard InChI is InChI=1S/C19H29N3O5/c1-11(17(25)22-18(26)20-2)27-16(24)10-21-15(23)9-19-6-12-3-13(7-19)5-14(4-12)8-19/h11-14H,3-10H2,1-2H3,(H,21,23)(H2,20,22,25,26)/t11-,12?,13?,14?,19?/m1/s1. The molecule has 0 aliphatic heterocycles. The first-order chi connectivity index (χ1) is 12.8. The fourth-order valence-electron chi connectivity index (χ4n) is 5.65. The molecule has 1 atom stereocenters. The van der Waals surface area contributed by atoms with E-state index in [4.69, 9.17) is 4.74 Å². The second kappa shape index (κ2) is 7.86. The number of ether oxygens (including phenoxy) is 1. The van der Waals surface area contributed by atoms with Crippen LogP contribution in [0.4, 0.5) is 4.79 Å². The van der Waals surface area contributed by atoms with E-state index >= 15 is 0 Å². The molecular weight excluding hydrogens is 350 g/mol. The van der Waals surface area contributed by atoms with E-state index in [0.717, 1.165) is 37.0 Å². The van der Waals surface area contributed by atoms with Crippen LogP contribution in [-0.2, 0) is 19.1 Å². The molecule has 8 heteroatoms. The summed E-state index contributed by atoms with van der Waals surface area (Å²) in [7, 11) is 1.37. The number of rotatable bonds is 6. The maximum Gasteiger partial charge on any atom is 0.326 e. The summed E-state index contributed by atoms with van der Waals surface area (Å²) in [6, 6.07) is -0.674. The Hall–Kier alpha value is -2.12. The van der Waals surface area contributed by atoms with Gasteiger partial charge >= 0.3 is 12.0 Å². The van der Waals surface area contributed by atoms with Crippen molar-refractivity contribution >= 4 is 23.8 Å². The maximum absolute atomic E-state index is 12.4. The molecule has 4 saturated carbocycles. The van der Waals surface area contributed by atoms with Crippen molar-refractivity contribution in [1.82, 2.24) is 16.0 Å². The highest BCUT2D eigenvalue weighted by Gasteiger charge is 2.51. The molecule has 4 aliphatic carbocycles. The van der Waals surface area contributed by atoms with E-state index in [1.165, 1.54) is 33.2 Å². The zero-order chi connectivity index (χ0) is 19.6. The monoisotopic (exact) mass is 379 g/mol. The van der Waals surface area contributed by atoms with Crippen molar-refractivity contribution in [3.05, 3.63) is 0 Å². The van der Waals surface area contributed by atoms with E-state index in [1.807, 2.05) is 5.32 Å². The van der Waals surface area contributed by atoms with Crippen LogP contribution in [0.5, 0.6) is 0 Å². The van der Waals surface area contributed by atoms with E-state index in [1.54, 1.807) is 0 Å². The fraction of sp³-hybridized carbons (Fsp3) is 0.789. The molecule has 4 fully saturated rings. The number of imide groups is 1. The van der Waals surface area contributed by atoms with Gasteiger partial charge in [-0.1, -0.05) is 0 Å². The highest BCUT2D eigenvalue weighted by Crippen LogP contribution is 2.61. The Morgan fingerprint density at radius 2 is 1.59 bits per heavy atom. The van der Waals surface area contributed by atoms with E-state index in [0.29, 0.717) is 6.42 Å². The van der Waals surface area contributed by atoms with Gasteiger partial charge in [-0.15, -0.1) is 0 Å². The lowest BCUT2D eigenvalue weighted by Crippen LogP contribution is -2.48. The Labute approximate surface area is 159 Å². The van der Waals surface area contributed by atoms with Crippen LogP contribution in [0.15, 0.2) is 0 Å². The average Bonchev–Trinajstić information content (AvgIpc) is 2.58. The summed E-state index contributed by atoms with van der Waals surface area (Å²) in [4.78, 5) is 47.0. The van der Waals surface area contributed by atoms with Gasteiger partial charge in [0.05, 0.1) is 0 Å². The number of hydrogen-bond donors (Lipinski definition) is 3. The van der Waals surface area contributed by atoms with Gasteiger partial charge in [0, 0.05) is 13.5 Å². The molecular formula is C19H29N3O5. The molecule has 150 valence electrons. The molecule has 3 N–H and O–H groups in total. The summed E-state index contributed by atoms with van der Waals surface area (Å²) in [5, 5.41) is 6.90. The summed E-state index contributed by atoms with van der Waals surface area (Å²) >= 11 is 0. The van der Waals surface area contributed by atoms with E-state index < -0.39 is 24.0 Å². The minimum atomic E-state index is -1.12. The second-order valence-electron chi connectivity index (χ2n) is 8.57. The summed E-state index contributed by atoms with van der Waals surface area (Å²) in [5.41, 5.74) is 0.115. The molecule has 0 spiro atoms. The van der Waals surface area contributed by atoms with Crippen LogP contribution >= 0.6 is 0 Å². The van der Waals surface area contributed by atoms with Gasteiger partial charge in [-0.25, -0.2) is 4.79 Å². The highest BCUT2D eigenvalue weighted by atomic mass is 16.5. The van der Waals surface area contributed by atoms with Crippen molar-refractivity contribution in [2.45, 2.75) is 58.0 Å². The summed E-state index contributed by atoms with van der Waals surface area (Å²) in [6.07, 6.45) is 6.72. The van der Waals surface area contributed by atoms with Gasteiger partial charge < -0.3 is 15.4 Å². The van der Waals surface area contributed by atoms with Gasteiger partial charge in [0.2, 0.25) is 5.91 Å². The van der Waals surface area contributed by atoms with Crippen LogP contribution in [0.1, 0.15) is 51.9 Å². The zero-order valence-corrected chi connectivity index (χ0v) is 16.0. The lowest BCUT2D eigenvalue weighted by atomic mass is 9.49. The van der Waals surface area contributed by atoms with Gasteiger partial charge in [0.15, 0.2) is 6.10 Å². The predicted octanol–water partition coefficient (Wildman–Crippen LogP) is 1.10. The molecule has 4 rings (SSSR count). The molecule has 0 aromatic heterocycles. The maximum atomic E-state index is 12.4. The number of urea groups is 1. The van der Waals surface area contributed by atoms with Crippen LogP contribution in [0.2, 0.25) is 0 Å².